The number of rotatable bonds is 7. The van der Waals surface area contributed by atoms with E-state index in [1.165, 1.54) is 18.7 Å². The average molecular weight is 553 g/mol. The lowest BCUT2D eigenvalue weighted by atomic mass is 9.99. The van der Waals surface area contributed by atoms with Crippen molar-refractivity contribution in [1.82, 2.24) is 4.98 Å². The SMILES string of the molecule is COc1ccc(-c2cc(-c3ccc(Cl)cc3)nc(SCc3ccc4oc(=O)c(C(C)=O)cc4c3)c2C#N)cc1. The fourth-order valence-electron chi connectivity index (χ4n) is 4.16. The van der Waals surface area contributed by atoms with Crippen molar-refractivity contribution >= 4 is 40.1 Å². The summed E-state index contributed by atoms with van der Waals surface area (Å²) in [4.78, 5) is 28.7. The predicted molar refractivity (Wildman–Crippen MR) is 153 cm³/mol. The van der Waals surface area contributed by atoms with Crippen LogP contribution in [0.15, 0.2) is 93.1 Å². The van der Waals surface area contributed by atoms with Gasteiger partial charge >= 0.3 is 5.63 Å². The first-order valence-electron chi connectivity index (χ1n) is 11.9. The van der Waals surface area contributed by atoms with Crippen LogP contribution >= 0.6 is 23.4 Å². The van der Waals surface area contributed by atoms with Crippen molar-refractivity contribution in [3.05, 3.63) is 111 Å². The van der Waals surface area contributed by atoms with E-state index in [1.54, 1.807) is 31.4 Å². The lowest BCUT2D eigenvalue weighted by molar-refractivity contribution is 0.101. The van der Waals surface area contributed by atoms with Crippen LogP contribution in [0.1, 0.15) is 28.4 Å². The zero-order valence-electron chi connectivity index (χ0n) is 21.0. The topological polar surface area (TPSA) is 93.2 Å². The highest BCUT2D eigenvalue weighted by atomic mass is 35.5. The Morgan fingerprint density at radius 3 is 2.41 bits per heavy atom. The maximum absolute atomic E-state index is 12.0. The fraction of sp³-hybridized carbons (Fsp3) is 0.0968. The van der Waals surface area contributed by atoms with Crippen molar-refractivity contribution in [2.24, 2.45) is 0 Å². The smallest absolute Gasteiger partial charge is 0.347 e. The number of hydrogen-bond acceptors (Lipinski definition) is 7. The van der Waals surface area contributed by atoms with Crippen LogP contribution in [0.25, 0.3) is 33.4 Å². The number of hydrogen-bond donors (Lipinski definition) is 0. The van der Waals surface area contributed by atoms with E-state index in [9.17, 15) is 14.9 Å². The van der Waals surface area contributed by atoms with Crippen molar-refractivity contribution < 1.29 is 13.9 Å². The predicted octanol–water partition coefficient (Wildman–Crippen LogP) is 7.55. The molecule has 0 saturated heterocycles. The number of nitrogens with zero attached hydrogens (tertiary/aromatic N) is 2. The summed E-state index contributed by atoms with van der Waals surface area (Å²) in [6, 6.07) is 26.2. The molecule has 5 rings (SSSR count). The van der Waals surface area contributed by atoms with Gasteiger partial charge in [-0.2, -0.15) is 5.26 Å². The summed E-state index contributed by atoms with van der Waals surface area (Å²) in [5.74, 6) is 0.871. The van der Waals surface area contributed by atoms with Crippen LogP contribution in [0.2, 0.25) is 5.02 Å². The number of thioether (sulfide) groups is 1. The molecule has 2 aromatic heterocycles. The van der Waals surface area contributed by atoms with E-state index in [2.05, 4.69) is 6.07 Å². The highest BCUT2D eigenvalue weighted by Crippen LogP contribution is 2.36. The van der Waals surface area contributed by atoms with Crippen LogP contribution in [0.4, 0.5) is 0 Å². The van der Waals surface area contributed by atoms with Crippen LogP contribution < -0.4 is 10.4 Å². The van der Waals surface area contributed by atoms with Gasteiger partial charge in [-0.1, -0.05) is 41.9 Å². The molecule has 0 unspecified atom stereocenters. The Hall–Kier alpha value is -4.38. The van der Waals surface area contributed by atoms with Gasteiger partial charge in [-0.25, -0.2) is 9.78 Å². The highest BCUT2D eigenvalue weighted by molar-refractivity contribution is 7.98. The molecule has 0 aliphatic rings. The van der Waals surface area contributed by atoms with Crippen molar-refractivity contribution in [2.45, 2.75) is 17.7 Å². The molecule has 0 bridgehead atoms. The Bertz CT molecular complexity index is 1810. The monoisotopic (exact) mass is 552 g/mol. The van der Waals surface area contributed by atoms with Gasteiger partial charge in [-0.3, -0.25) is 4.79 Å². The minimum atomic E-state index is -0.648. The van der Waals surface area contributed by atoms with Gasteiger partial charge in [0.1, 0.15) is 28.0 Å². The Kier molecular flexibility index (Phi) is 7.51. The van der Waals surface area contributed by atoms with Crippen LogP contribution in [0, 0.1) is 11.3 Å². The lowest BCUT2D eigenvalue weighted by Crippen LogP contribution is -2.10. The second kappa shape index (κ2) is 11.2. The molecule has 6 nitrogen and oxygen atoms in total. The zero-order valence-corrected chi connectivity index (χ0v) is 22.6. The van der Waals surface area contributed by atoms with E-state index in [4.69, 9.17) is 25.7 Å². The first-order valence-corrected chi connectivity index (χ1v) is 13.3. The number of Topliss-reactive ketones (excluding diaryl/α,β-unsaturated/α-hetero) is 1. The third-order valence-corrected chi connectivity index (χ3v) is 7.49. The number of aromatic nitrogens is 1. The number of halogens is 1. The number of carbonyl (C=O) groups is 1. The lowest BCUT2D eigenvalue weighted by Gasteiger charge is -2.13. The van der Waals surface area contributed by atoms with Gasteiger partial charge in [-0.15, -0.1) is 11.8 Å². The standard InChI is InChI=1S/C31H21ClN2O4S/c1-18(35)25-14-22-13-19(3-12-29(22)38-31(25)36)17-39-30-27(16-33)26(20-6-10-24(37-2)11-7-20)15-28(34-30)21-4-8-23(32)9-5-21/h3-15H,17H2,1-2H3. The summed E-state index contributed by atoms with van der Waals surface area (Å²) in [5.41, 5.74) is 4.37. The van der Waals surface area contributed by atoms with Crippen molar-refractivity contribution in [3.63, 3.8) is 0 Å². The normalized spacial score (nSPS) is 10.8. The maximum atomic E-state index is 12.0. The maximum Gasteiger partial charge on any atom is 0.347 e. The quantitative estimate of drug-likeness (QED) is 0.117. The number of ketones is 1. The minimum absolute atomic E-state index is 0.0144. The minimum Gasteiger partial charge on any atom is -0.497 e. The third-order valence-electron chi connectivity index (χ3n) is 6.19. The van der Waals surface area contributed by atoms with E-state index in [0.717, 1.165) is 28.0 Å². The molecule has 0 spiro atoms. The number of methoxy groups -OCH3 is 1. The number of nitriles is 1. The molecule has 3 aromatic carbocycles. The van der Waals surface area contributed by atoms with Gasteiger partial charge in [0.15, 0.2) is 5.78 Å². The second-order valence-electron chi connectivity index (χ2n) is 8.75. The zero-order chi connectivity index (χ0) is 27.5. The average Bonchev–Trinajstić information content (AvgIpc) is 2.95. The van der Waals surface area contributed by atoms with Crippen LogP contribution in [-0.2, 0) is 5.75 Å². The molecular formula is C31H21ClN2O4S. The number of ether oxygens (including phenoxy) is 1. The molecule has 0 fully saturated rings. The van der Waals surface area contributed by atoms with E-state index in [1.807, 2.05) is 54.6 Å². The molecule has 2 heterocycles. The van der Waals surface area contributed by atoms with E-state index < -0.39 is 5.63 Å². The van der Waals surface area contributed by atoms with Crippen LogP contribution in [0.3, 0.4) is 0 Å². The van der Waals surface area contributed by atoms with Gasteiger partial charge in [0.05, 0.1) is 18.4 Å². The summed E-state index contributed by atoms with van der Waals surface area (Å²) in [7, 11) is 1.61. The second-order valence-corrected chi connectivity index (χ2v) is 10.1. The molecule has 0 radical (unpaired) electrons. The molecular weight excluding hydrogens is 532 g/mol. The molecule has 39 heavy (non-hydrogen) atoms. The molecule has 8 heteroatoms. The Morgan fingerprint density at radius 1 is 1.03 bits per heavy atom. The largest absolute Gasteiger partial charge is 0.497 e. The number of fused-ring (bicyclic) bond motifs is 1. The van der Waals surface area contributed by atoms with Crippen molar-refractivity contribution in [3.8, 4) is 34.2 Å². The van der Waals surface area contributed by atoms with Gasteiger partial charge in [-0.05, 0) is 66.6 Å². The van der Waals surface area contributed by atoms with E-state index in [0.29, 0.717) is 38.0 Å². The molecule has 0 saturated carbocycles. The van der Waals surface area contributed by atoms with Crippen molar-refractivity contribution in [2.75, 3.05) is 7.11 Å². The molecule has 0 N–H and O–H groups in total. The molecule has 5 aromatic rings. The van der Waals surface area contributed by atoms with Gasteiger partial charge in [0, 0.05) is 27.3 Å². The molecule has 0 atom stereocenters. The summed E-state index contributed by atoms with van der Waals surface area (Å²) in [5, 5.41) is 12.0. The first-order chi connectivity index (χ1) is 18.9. The molecule has 192 valence electrons. The Labute approximate surface area is 233 Å². The van der Waals surface area contributed by atoms with Crippen molar-refractivity contribution in [1.29, 1.82) is 5.26 Å². The summed E-state index contributed by atoms with van der Waals surface area (Å²) in [6.07, 6.45) is 0. The first kappa shape index (κ1) is 26.2. The van der Waals surface area contributed by atoms with Crippen LogP contribution in [0.5, 0.6) is 5.75 Å². The van der Waals surface area contributed by atoms with Crippen LogP contribution in [-0.4, -0.2) is 17.9 Å². The molecule has 0 aliphatic heterocycles. The number of benzene rings is 3. The summed E-state index contributed by atoms with van der Waals surface area (Å²) < 4.78 is 10.6. The molecule has 0 aliphatic carbocycles. The third kappa shape index (κ3) is 5.58. The van der Waals surface area contributed by atoms with Gasteiger partial charge < -0.3 is 9.15 Å². The summed E-state index contributed by atoms with van der Waals surface area (Å²) in [6.45, 7) is 1.33. The molecule has 0 amide bonds. The Balaban J connectivity index is 1.56. The Morgan fingerprint density at radius 2 is 1.74 bits per heavy atom. The van der Waals surface area contributed by atoms with E-state index >= 15 is 0 Å². The van der Waals surface area contributed by atoms with Gasteiger partial charge in [0.2, 0.25) is 0 Å². The number of pyridine rings is 1. The summed E-state index contributed by atoms with van der Waals surface area (Å²) >= 11 is 7.54. The van der Waals surface area contributed by atoms with E-state index in [-0.39, 0.29) is 11.3 Å². The highest BCUT2D eigenvalue weighted by Gasteiger charge is 2.17. The number of carbonyl (C=O) groups excluding carboxylic acids is 1. The fourth-order valence-corrected chi connectivity index (χ4v) is 5.23. The van der Waals surface area contributed by atoms with Gasteiger partial charge in [0.25, 0.3) is 0 Å².